The zero-order chi connectivity index (χ0) is 18.8. The smallest absolute Gasteiger partial charge is 0.422 e. The summed E-state index contributed by atoms with van der Waals surface area (Å²) in [6.07, 6.45) is -3.72. The van der Waals surface area contributed by atoms with E-state index in [1.807, 2.05) is 6.92 Å². The SMILES string of the molecule is C[C@H]1CC[C@H](c2ccc(F)c(F)c2)N(C(=O)C(=O)OCC(F)(F)F)C1. The molecule has 1 aliphatic rings. The number of hydrogen-bond acceptors (Lipinski definition) is 3. The van der Waals surface area contributed by atoms with Crippen LogP contribution in [0.5, 0.6) is 0 Å². The Labute approximate surface area is 140 Å². The van der Waals surface area contributed by atoms with Gasteiger partial charge >= 0.3 is 18.1 Å². The van der Waals surface area contributed by atoms with Crippen LogP contribution in [0.25, 0.3) is 0 Å². The first-order valence-electron chi connectivity index (χ1n) is 7.58. The molecule has 2 atom stereocenters. The summed E-state index contributed by atoms with van der Waals surface area (Å²) in [4.78, 5) is 24.9. The van der Waals surface area contributed by atoms with E-state index in [0.29, 0.717) is 12.8 Å². The lowest BCUT2D eigenvalue weighted by Gasteiger charge is -2.38. The van der Waals surface area contributed by atoms with E-state index in [0.717, 1.165) is 17.0 Å². The third-order valence-electron chi connectivity index (χ3n) is 3.95. The van der Waals surface area contributed by atoms with Crippen LogP contribution in [0.3, 0.4) is 0 Å². The maximum Gasteiger partial charge on any atom is 0.422 e. The molecule has 1 aliphatic heterocycles. The van der Waals surface area contributed by atoms with Crippen molar-refractivity contribution in [2.75, 3.05) is 13.2 Å². The number of esters is 1. The van der Waals surface area contributed by atoms with Gasteiger partial charge in [0, 0.05) is 6.54 Å². The van der Waals surface area contributed by atoms with Crippen LogP contribution < -0.4 is 0 Å². The zero-order valence-electron chi connectivity index (χ0n) is 13.3. The molecule has 0 aliphatic carbocycles. The Hall–Kier alpha value is -2.19. The molecule has 1 fully saturated rings. The van der Waals surface area contributed by atoms with Crippen molar-refractivity contribution in [3.63, 3.8) is 0 Å². The van der Waals surface area contributed by atoms with Crippen molar-refractivity contribution in [1.82, 2.24) is 4.90 Å². The molecule has 0 radical (unpaired) electrons. The molecular formula is C16H16F5NO3. The number of piperidine rings is 1. The lowest BCUT2D eigenvalue weighted by molar-refractivity contribution is -0.190. The van der Waals surface area contributed by atoms with Crippen molar-refractivity contribution in [2.45, 2.75) is 32.0 Å². The molecule has 0 aromatic heterocycles. The number of rotatable bonds is 2. The Morgan fingerprint density at radius 2 is 1.88 bits per heavy atom. The average Bonchev–Trinajstić information content (AvgIpc) is 2.54. The number of benzene rings is 1. The summed E-state index contributed by atoms with van der Waals surface area (Å²) in [6, 6.07) is 2.35. The van der Waals surface area contributed by atoms with Crippen molar-refractivity contribution in [2.24, 2.45) is 5.92 Å². The number of carbonyl (C=O) groups excluding carboxylic acids is 2. The van der Waals surface area contributed by atoms with Crippen molar-refractivity contribution < 1.29 is 36.3 Å². The second-order valence-corrected chi connectivity index (χ2v) is 6.02. The Kier molecular flexibility index (Phi) is 5.64. The molecule has 0 saturated carbocycles. The molecular weight excluding hydrogens is 349 g/mol. The Morgan fingerprint density at radius 1 is 1.20 bits per heavy atom. The van der Waals surface area contributed by atoms with Crippen LogP contribution in [0, 0.1) is 17.6 Å². The van der Waals surface area contributed by atoms with Gasteiger partial charge in [-0.15, -0.1) is 0 Å². The third kappa shape index (κ3) is 4.90. The highest BCUT2D eigenvalue weighted by Gasteiger charge is 2.37. The van der Waals surface area contributed by atoms with Gasteiger partial charge in [-0.2, -0.15) is 13.2 Å². The maximum atomic E-state index is 13.5. The fraction of sp³-hybridized carbons (Fsp3) is 0.500. The first kappa shape index (κ1) is 19.1. The molecule has 1 aromatic rings. The molecule has 1 amide bonds. The van der Waals surface area contributed by atoms with E-state index in [-0.39, 0.29) is 18.0 Å². The molecule has 0 spiro atoms. The largest absolute Gasteiger partial charge is 0.449 e. The quantitative estimate of drug-likeness (QED) is 0.459. The molecule has 9 heteroatoms. The standard InChI is InChI=1S/C16H16F5NO3/c1-9-2-5-13(10-3-4-11(17)12(18)6-10)22(7-9)14(23)15(24)25-8-16(19,20)21/h3-4,6,9,13H,2,5,7-8H2,1H3/t9-,13+/m0/s1. The molecule has 0 N–H and O–H groups in total. The van der Waals surface area contributed by atoms with E-state index in [1.54, 1.807) is 0 Å². The number of likely N-dealkylation sites (tertiary alicyclic amines) is 1. The van der Waals surface area contributed by atoms with Crippen molar-refractivity contribution in [3.8, 4) is 0 Å². The topological polar surface area (TPSA) is 46.6 Å². The van der Waals surface area contributed by atoms with Gasteiger partial charge in [0.25, 0.3) is 0 Å². The molecule has 25 heavy (non-hydrogen) atoms. The summed E-state index contributed by atoms with van der Waals surface area (Å²) in [5.41, 5.74) is 0.266. The highest BCUT2D eigenvalue weighted by Crippen LogP contribution is 2.34. The second-order valence-electron chi connectivity index (χ2n) is 6.02. The van der Waals surface area contributed by atoms with Crippen LogP contribution in [-0.2, 0) is 14.3 Å². The predicted octanol–water partition coefficient (Wildman–Crippen LogP) is 3.37. The monoisotopic (exact) mass is 365 g/mol. The van der Waals surface area contributed by atoms with E-state index < -0.39 is 42.3 Å². The number of ether oxygens (including phenoxy) is 1. The lowest BCUT2D eigenvalue weighted by atomic mass is 9.90. The van der Waals surface area contributed by atoms with E-state index >= 15 is 0 Å². The Bertz CT molecular complexity index is 662. The minimum Gasteiger partial charge on any atom is -0.449 e. The summed E-state index contributed by atoms with van der Waals surface area (Å²) in [6.45, 7) is 0.0449. The van der Waals surface area contributed by atoms with Gasteiger partial charge in [0.1, 0.15) is 0 Å². The fourth-order valence-corrected chi connectivity index (χ4v) is 2.77. The van der Waals surface area contributed by atoms with Gasteiger partial charge in [-0.05, 0) is 36.5 Å². The predicted molar refractivity (Wildman–Crippen MR) is 76.2 cm³/mol. The molecule has 1 heterocycles. The fourth-order valence-electron chi connectivity index (χ4n) is 2.77. The number of nitrogens with zero attached hydrogens (tertiary/aromatic N) is 1. The first-order chi connectivity index (χ1) is 11.6. The Balaban J connectivity index is 2.19. The second kappa shape index (κ2) is 7.37. The van der Waals surface area contributed by atoms with Crippen LogP contribution in [0.15, 0.2) is 18.2 Å². The van der Waals surface area contributed by atoms with Crippen LogP contribution in [0.4, 0.5) is 22.0 Å². The van der Waals surface area contributed by atoms with Crippen LogP contribution in [0.1, 0.15) is 31.4 Å². The molecule has 4 nitrogen and oxygen atoms in total. The van der Waals surface area contributed by atoms with Crippen LogP contribution in [-0.4, -0.2) is 36.1 Å². The molecule has 1 saturated heterocycles. The molecule has 0 bridgehead atoms. The minimum atomic E-state index is -4.75. The summed E-state index contributed by atoms with van der Waals surface area (Å²) < 4.78 is 66.9. The van der Waals surface area contributed by atoms with Gasteiger partial charge < -0.3 is 9.64 Å². The van der Waals surface area contributed by atoms with Gasteiger partial charge in [0.05, 0.1) is 6.04 Å². The minimum absolute atomic E-state index is 0.000844. The maximum absolute atomic E-state index is 13.5. The van der Waals surface area contributed by atoms with Gasteiger partial charge in [0.15, 0.2) is 18.2 Å². The van der Waals surface area contributed by atoms with E-state index in [9.17, 15) is 31.5 Å². The summed E-state index contributed by atoms with van der Waals surface area (Å²) >= 11 is 0. The zero-order valence-corrected chi connectivity index (χ0v) is 13.3. The number of alkyl halides is 3. The first-order valence-corrected chi connectivity index (χ1v) is 7.58. The van der Waals surface area contributed by atoms with E-state index in [4.69, 9.17) is 0 Å². The van der Waals surface area contributed by atoms with Gasteiger partial charge in [-0.1, -0.05) is 13.0 Å². The van der Waals surface area contributed by atoms with E-state index in [2.05, 4.69) is 4.74 Å². The van der Waals surface area contributed by atoms with E-state index in [1.165, 1.54) is 6.07 Å². The number of halogens is 5. The Morgan fingerprint density at radius 3 is 2.48 bits per heavy atom. The highest BCUT2D eigenvalue weighted by molar-refractivity contribution is 6.32. The van der Waals surface area contributed by atoms with Crippen molar-refractivity contribution in [1.29, 1.82) is 0 Å². The van der Waals surface area contributed by atoms with Crippen LogP contribution in [0.2, 0.25) is 0 Å². The molecule has 2 rings (SSSR count). The van der Waals surface area contributed by atoms with Crippen molar-refractivity contribution in [3.05, 3.63) is 35.4 Å². The van der Waals surface area contributed by atoms with Crippen LogP contribution >= 0.6 is 0 Å². The number of hydrogen-bond donors (Lipinski definition) is 0. The summed E-state index contributed by atoms with van der Waals surface area (Å²) in [5, 5.41) is 0. The molecule has 0 unspecified atom stereocenters. The molecule has 1 aromatic carbocycles. The normalized spacial score (nSPS) is 21.1. The molecule has 138 valence electrons. The number of amides is 1. The average molecular weight is 365 g/mol. The highest BCUT2D eigenvalue weighted by atomic mass is 19.4. The van der Waals surface area contributed by atoms with Crippen molar-refractivity contribution >= 4 is 11.9 Å². The lowest BCUT2D eigenvalue weighted by Crippen LogP contribution is -2.45. The summed E-state index contributed by atoms with van der Waals surface area (Å²) in [7, 11) is 0. The van der Waals surface area contributed by atoms with Gasteiger partial charge in [0.2, 0.25) is 0 Å². The van der Waals surface area contributed by atoms with Gasteiger partial charge in [-0.25, -0.2) is 13.6 Å². The van der Waals surface area contributed by atoms with Gasteiger partial charge in [-0.3, -0.25) is 4.79 Å². The number of carbonyl (C=O) groups is 2. The third-order valence-corrected chi connectivity index (χ3v) is 3.95. The summed E-state index contributed by atoms with van der Waals surface area (Å²) in [5.74, 6) is -5.02.